The van der Waals surface area contributed by atoms with Crippen molar-refractivity contribution in [2.24, 2.45) is 5.92 Å². The first-order valence-corrected chi connectivity index (χ1v) is 10.7. The molecule has 1 heterocycles. The van der Waals surface area contributed by atoms with Gasteiger partial charge in [-0.25, -0.2) is 0 Å². The zero-order valence-electron chi connectivity index (χ0n) is 17.6. The van der Waals surface area contributed by atoms with Gasteiger partial charge in [0, 0.05) is 18.7 Å². The number of aryl methyl sites for hydroxylation is 2. The number of benzene rings is 3. The van der Waals surface area contributed by atoms with Gasteiger partial charge in [0.1, 0.15) is 0 Å². The molecular formula is C26H29NO3. The minimum atomic E-state index is -0.688. The molecule has 1 saturated heterocycles. The van der Waals surface area contributed by atoms with Gasteiger partial charge in [-0.1, -0.05) is 48.0 Å². The van der Waals surface area contributed by atoms with Gasteiger partial charge in [0.05, 0.1) is 12.7 Å². The van der Waals surface area contributed by atoms with Crippen molar-refractivity contribution in [3.05, 3.63) is 71.3 Å². The van der Waals surface area contributed by atoms with Crippen LogP contribution in [-0.4, -0.2) is 46.8 Å². The van der Waals surface area contributed by atoms with Crippen LogP contribution in [0.25, 0.3) is 21.9 Å². The molecule has 1 unspecified atom stereocenters. The number of nitrogens with zero attached hydrogens (tertiary/aromatic N) is 1. The van der Waals surface area contributed by atoms with Gasteiger partial charge in [0.25, 0.3) is 5.91 Å². The Labute approximate surface area is 177 Å². The largest absolute Gasteiger partial charge is 0.394 e. The molecule has 1 fully saturated rings. The fourth-order valence-electron chi connectivity index (χ4n) is 4.50. The average molecular weight is 404 g/mol. The van der Waals surface area contributed by atoms with Gasteiger partial charge in [0.15, 0.2) is 0 Å². The van der Waals surface area contributed by atoms with Crippen LogP contribution in [0.15, 0.2) is 54.6 Å². The summed E-state index contributed by atoms with van der Waals surface area (Å²) in [6.45, 7) is 5.24. The highest BCUT2D eigenvalue weighted by Gasteiger charge is 2.27. The predicted molar refractivity (Wildman–Crippen MR) is 121 cm³/mol. The summed E-state index contributed by atoms with van der Waals surface area (Å²) < 4.78 is 0. The lowest BCUT2D eigenvalue weighted by Crippen LogP contribution is -2.42. The van der Waals surface area contributed by atoms with Gasteiger partial charge in [-0.15, -0.1) is 0 Å². The molecule has 0 saturated carbocycles. The Balaban J connectivity index is 1.60. The Morgan fingerprint density at radius 1 is 1.03 bits per heavy atom. The van der Waals surface area contributed by atoms with Gasteiger partial charge < -0.3 is 15.1 Å². The number of carbonyl (C=O) groups excluding carboxylic acids is 1. The fraction of sp³-hybridized carbons (Fsp3) is 0.346. The van der Waals surface area contributed by atoms with Crippen molar-refractivity contribution in [2.45, 2.75) is 32.8 Å². The second-order valence-electron chi connectivity index (χ2n) is 8.44. The Hall–Kier alpha value is -2.69. The molecule has 30 heavy (non-hydrogen) atoms. The fourth-order valence-corrected chi connectivity index (χ4v) is 4.50. The monoisotopic (exact) mass is 403 g/mol. The third-order valence-corrected chi connectivity index (χ3v) is 6.37. The van der Waals surface area contributed by atoms with Gasteiger partial charge in [-0.2, -0.15) is 0 Å². The number of hydrogen-bond acceptors (Lipinski definition) is 3. The highest BCUT2D eigenvalue weighted by Crippen LogP contribution is 2.32. The van der Waals surface area contributed by atoms with Crippen molar-refractivity contribution in [2.75, 3.05) is 19.7 Å². The molecule has 156 valence electrons. The number of aliphatic hydroxyl groups is 2. The zero-order valence-corrected chi connectivity index (χ0v) is 17.6. The van der Waals surface area contributed by atoms with Crippen molar-refractivity contribution in [3.8, 4) is 11.1 Å². The second-order valence-corrected chi connectivity index (χ2v) is 8.44. The molecule has 0 radical (unpaired) electrons. The topological polar surface area (TPSA) is 60.8 Å². The molecule has 3 aromatic rings. The number of amides is 1. The highest BCUT2D eigenvalue weighted by atomic mass is 16.3. The number of carbonyl (C=O) groups is 1. The van der Waals surface area contributed by atoms with Crippen LogP contribution in [0.1, 0.15) is 34.3 Å². The number of aliphatic hydroxyl groups excluding tert-OH is 2. The van der Waals surface area contributed by atoms with E-state index in [2.05, 4.69) is 56.3 Å². The molecule has 4 heteroatoms. The van der Waals surface area contributed by atoms with Crippen LogP contribution in [0.5, 0.6) is 0 Å². The first-order chi connectivity index (χ1) is 14.5. The van der Waals surface area contributed by atoms with Crippen LogP contribution in [-0.2, 0) is 0 Å². The van der Waals surface area contributed by atoms with Crippen molar-refractivity contribution in [1.29, 1.82) is 0 Å². The summed E-state index contributed by atoms with van der Waals surface area (Å²) in [5.41, 5.74) is 5.58. The summed E-state index contributed by atoms with van der Waals surface area (Å²) in [5.74, 6) is 0.0988. The average Bonchev–Trinajstić information content (AvgIpc) is 2.79. The van der Waals surface area contributed by atoms with E-state index in [0.717, 1.165) is 23.6 Å². The van der Waals surface area contributed by atoms with Gasteiger partial charge >= 0.3 is 0 Å². The molecule has 2 N–H and O–H groups in total. The third kappa shape index (κ3) is 3.98. The molecule has 1 aliphatic heterocycles. The predicted octanol–water partition coefficient (Wildman–Crippen LogP) is 4.33. The normalized spacial score (nSPS) is 16.1. The number of likely N-dealkylation sites (tertiary alicyclic amines) is 1. The zero-order chi connectivity index (χ0) is 21.3. The summed E-state index contributed by atoms with van der Waals surface area (Å²) in [6.07, 6.45) is 0.752. The number of fused-ring (bicyclic) bond motifs is 1. The second kappa shape index (κ2) is 8.58. The van der Waals surface area contributed by atoms with Gasteiger partial charge in [0.2, 0.25) is 0 Å². The van der Waals surface area contributed by atoms with Crippen molar-refractivity contribution < 1.29 is 15.0 Å². The minimum absolute atomic E-state index is 0.0333. The Morgan fingerprint density at radius 2 is 1.80 bits per heavy atom. The first kappa shape index (κ1) is 20.6. The van der Waals surface area contributed by atoms with E-state index in [1.165, 1.54) is 22.3 Å². The number of rotatable bonds is 4. The molecular weight excluding hydrogens is 374 g/mol. The molecule has 0 aliphatic carbocycles. The lowest BCUT2D eigenvalue weighted by Gasteiger charge is -2.33. The number of hydrogen-bond donors (Lipinski definition) is 2. The van der Waals surface area contributed by atoms with E-state index < -0.39 is 6.10 Å². The van der Waals surface area contributed by atoms with Crippen molar-refractivity contribution >= 4 is 16.7 Å². The standard InChI is InChI=1S/C26H29NO3/c1-17-6-7-18(2)24(14-17)23-5-3-4-20-15-21(8-9-22(20)23)26(30)27-12-10-19(11-13-27)25(29)16-28/h3-9,14-15,19,25,28-29H,10-13,16H2,1-2H3. The summed E-state index contributed by atoms with van der Waals surface area (Å²) in [7, 11) is 0. The Kier molecular flexibility index (Phi) is 5.89. The molecule has 1 amide bonds. The van der Waals surface area contributed by atoms with E-state index in [1.807, 2.05) is 17.0 Å². The van der Waals surface area contributed by atoms with Crippen LogP contribution in [0.4, 0.5) is 0 Å². The van der Waals surface area contributed by atoms with E-state index in [4.69, 9.17) is 5.11 Å². The van der Waals surface area contributed by atoms with E-state index in [0.29, 0.717) is 18.7 Å². The lowest BCUT2D eigenvalue weighted by molar-refractivity contribution is 0.0179. The van der Waals surface area contributed by atoms with Crippen LogP contribution in [0.2, 0.25) is 0 Å². The maximum Gasteiger partial charge on any atom is 0.253 e. The van der Waals surface area contributed by atoms with Gasteiger partial charge in [-0.3, -0.25) is 4.79 Å². The molecule has 0 bridgehead atoms. The lowest BCUT2D eigenvalue weighted by atomic mass is 9.91. The molecule has 3 aromatic carbocycles. The maximum absolute atomic E-state index is 13.1. The van der Waals surface area contributed by atoms with E-state index in [-0.39, 0.29) is 18.4 Å². The molecule has 1 aliphatic rings. The maximum atomic E-state index is 13.1. The highest BCUT2D eigenvalue weighted by molar-refractivity contribution is 6.03. The van der Waals surface area contributed by atoms with E-state index in [1.54, 1.807) is 0 Å². The summed E-state index contributed by atoms with van der Waals surface area (Å²) >= 11 is 0. The number of piperidine rings is 1. The Morgan fingerprint density at radius 3 is 2.53 bits per heavy atom. The molecule has 1 atom stereocenters. The molecule has 4 nitrogen and oxygen atoms in total. The van der Waals surface area contributed by atoms with Crippen molar-refractivity contribution in [3.63, 3.8) is 0 Å². The molecule has 0 aromatic heterocycles. The minimum Gasteiger partial charge on any atom is -0.394 e. The van der Waals surface area contributed by atoms with E-state index >= 15 is 0 Å². The quantitative estimate of drug-likeness (QED) is 0.682. The first-order valence-electron chi connectivity index (χ1n) is 10.7. The Bertz CT molecular complexity index is 1070. The van der Waals surface area contributed by atoms with Crippen LogP contribution < -0.4 is 0 Å². The summed E-state index contributed by atoms with van der Waals surface area (Å²) in [6, 6.07) is 18.7. The molecule has 4 rings (SSSR count). The molecule has 0 spiro atoms. The summed E-state index contributed by atoms with van der Waals surface area (Å²) in [4.78, 5) is 14.9. The van der Waals surface area contributed by atoms with Crippen molar-refractivity contribution in [1.82, 2.24) is 4.90 Å². The van der Waals surface area contributed by atoms with Gasteiger partial charge in [-0.05, 0) is 72.2 Å². The SMILES string of the molecule is Cc1ccc(C)c(-c2cccc3cc(C(=O)N4CCC(C(O)CO)CC4)ccc23)c1. The smallest absolute Gasteiger partial charge is 0.253 e. The van der Waals surface area contributed by atoms with Crippen LogP contribution in [0, 0.1) is 19.8 Å². The van der Waals surface area contributed by atoms with Crippen LogP contribution >= 0.6 is 0 Å². The third-order valence-electron chi connectivity index (χ3n) is 6.37. The summed E-state index contributed by atoms with van der Waals surface area (Å²) in [5, 5.41) is 21.2. The van der Waals surface area contributed by atoms with E-state index in [9.17, 15) is 9.90 Å². The van der Waals surface area contributed by atoms with Crippen LogP contribution in [0.3, 0.4) is 0 Å².